The van der Waals surface area contributed by atoms with E-state index in [2.05, 4.69) is 24.7 Å². The van der Waals surface area contributed by atoms with Gasteiger partial charge in [0.05, 0.1) is 34.2 Å². The zero-order valence-electron chi connectivity index (χ0n) is 34.0. The maximum absolute atomic E-state index is 14.5. The number of carboxylic acids is 1. The third-order valence-corrected chi connectivity index (χ3v) is 10.9. The van der Waals surface area contributed by atoms with E-state index in [1.165, 1.54) is 30.5 Å². The third-order valence-electron chi connectivity index (χ3n) is 9.27. The molecule has 0 fully saturated rings. The van der Waals surface area contributed by atoms with Crippen molar-refractivity contribution in [1.29, 1.82) is 0 Å². The van der Waals surface area contributed by atoms with Gasteiger partial charge in [-0.3, -0.25) is 24.3 Å². The molecule has 0 bridgehead atoms. The Morgan fingerprint density at radius 2 is 1.72 bits per heavy atom. The van der Waals surface area contributed by atoms with Gasteiger partial charge in [-0.25, -0.2) is 36.7 Å². The van der Waals surface area contributed by atoms with Gasteiger partial charge < -0.3 is 24.9 Å². The summed E-state index contributed by atoms with van der Waals surface area (Å²) in [6.45, 7) is -2.83. The number of hydrogen-bond acceptors (Lipinski definition) is 11. The number of anilines is 2. The van der Waals surface area contributed by atoms with Gasteiger partial charge in [-0.15, -0.1) is 0 Å². The second-order valence-electron chi connectivity index (χ2n) is 13.8. The number of carboxylic acid groups (broad SMARTS) is 1. The lowest BCUT2D eigenvalue weighted by Crippen LogP contribution is -2.43. The van der Waals surface area contributed by atoms with Crippen molar-refractivity contribution < 1.29 is 69.3 Å². The summed E-state index contributed by atoms with van der Waals surface area (Å²) in [5.41, 5.74) is 1.16. The summed E-state index contributed by atoms with van der Waals surface area (Å²) in [5.74, 6) is -4.04. The van der Waals surface area contributed by atoms with Crippen LogP contribution in [0.4, 0.5) is 43.2 Å². The Balaban J connectivity index is 1.64. The van der Waals surface area contributed by atoms with E-state index in [0.717, 1.165) is 30.3 Å². The average Bonchev–Trinajstić information content (AvgIpc) is 3.56. The average molecular weight is 961 g/mol. The quantitative estimate of drug-likeness (QED) is 0.0443. The van der Waals surface area contributed by atoms with Crippen molar-refractivity contribution in [3.63, 3.8) is 0 Å². The number of phosphoric ester groups is 1. The minimum atomic E-state index is -5.09. The van der Waals surface area contributed by atoms with Gasteiger partial charge in [-0.1, -0.05) is 36.7 Å². The fraction of sp³-hybridized carbons (Fsp3) is 0.316. The number of aromatic nitrogens is 4. The second-order valence-corrected chi connectivity index (χ2v) is 16.6. The highest BCUT2D eigenvalue weighted by molar-refractivity contribution is 7.86. The Morgan fingerprint density at radius 3 is 2.31 bits per heavy atom. The van der Waals surface area contributed by atoms with Crippen LogP contribution in [0.2, 0.25) is 5.02 Å². The van der Waals surface area contributed by atoms with Crippen molar-refractivity contribution in [1.82, 2.24) is 30.0 Å². The lowest BCUT2D eigenvalue weighted by molar-refractivity contribution is -0.142. The van der Waals surface area contributed by atoms with Crippen molar-refractivity contribution in [2.45, 2.75) is 45.1 Å². The zero-order chi connectivity index (χ0) is 47.3. The Bertz CT molecular complexity index is 2620. The van der Waals surface area contributed by atoms with Crippen LogP contribution in [0.25, 0.3) is 22.0 Å². The SMILES string of the molecule is CCc1ccc(-c2ccc(Cl)c3c(N(C(=O)N(C)c4ncccc4CN(CC(=O)O)C(=O)OCOP(=O)(O)O)S(C)=O)nn(CC(F)(F)F)c23)c(C(Cc2cc(F)cc(F)c2)NC)n1. The van der Waals surface area contributed by atoms with Crippen LogP contribution in [0.3, 0.4) is 0 Å². The van der Waals surface area contributed by atoms with E-state index in [1.54, 1.807) is 19.2 Å². The van der Waals surface area contributed by atoms with Crippen LogP contribution in [0.1, 0.15) is 35.5 Å². The molecule has 4 N–H and O–H groups in total. The van der Waals surface area contributed by atoms with E-state index >= 15 is 0 Å². The van der Waals surface area contributed by atoms with Crippen LogP contribution in [-0.2, 0) is 55.5 Å². The van der Waals surface area contributed by atoms with Crippen LogP contribution in [0.15, 0.2) is 60.8 Å². The molecule has 3 aromatic heterocycles. The summed E-state index contributed by atoms with van der Waals surface area (Å²) >= 11 is 6.74. The molecule has 344 valence electrons. The molecule has 3 amide bonds. The number of urea groups is 1. The van der Waals surface area contributed by atoms with Crippen molar-refractivity contribution in [3.8, 4) is 11.1 Å². The summed E-state index contributed by atoms with van der Waals surface area (Å²) in [5, 5.41) is 16.3. The molecule has 3 heterocycles. The number of nitrogens with zero attached hydrogens (tertiary/aromatic N) is 7. The van der Waals surface area contributed by atoms with E-state index in [0.29, 0.717) is 32.1 Å². The van der Waals surface area contributed by atoms with Gasteiger partial charge in [-0.05, 0) is 55.8 Å². The summed E-state index contributed by atoms with van der Waals surface area (Å²) in [4.78, 5) is 67.1. The van der Waals surface area contributed by atoms with Gasteiger partial charge in [0.15, 0.2) is 5.82 Å². The number of amides is 3. The van der Waals surface area contributed by atoms with Crippen LogP contribution < -0.4 is 14.5 Å². The number of ether oxygens (including phenoxy) is 1. The summed E-state index contributed by atoms with van der Waals surface area (Å²) in [6.07, 6.45) is -3.65. The molecule has 5 aromatic rings. The maximum atomic E-state index is 14.5. The summed E-state index contributed by atoms with van der Waals surface area (Å²) < 4.78 is 106. The highest BCUT2D eigenvalue weighted by Crippen LogP contribution is 2.43. The van der Waals surface area contributed by atoms with Gasteiger partial charge in [0.1, 0.15) is 41.5 Å². The fourth-order valence-corrected chi connectivity index (χ4v) is 7.75. The van der Waals surface area contributed by atoms with Crippen molar-refractivity contribution in [2.75, 3.05) is 42.9 Å². The van der Waals surface area contributed by atoms with Crippen LogP contribution in [0.5, 0.6) is 0 Å². The number of carbonyl (C=O) groups excluding carboxylic acids is 2. The molecule has 64 heavy (non-hydrogen) atoms. The van der Waals surface area contributed by atoms with E-state index < -0.39 is 93.0 Å². The van der Waals surface area contributed by atoms with Crippen molar-refractivity contribution in [3.05, 3.63) is 100.0 Å². The first kappa shape index (κ1) is 49.4. The Labute approximate surface area is 368 Å². The predicted molar refractivity (Wildman–Crippen MR) is 222 cm³/mol. The Morgan fingerprint density at radius 1 is 1.05 bits per heavy atom. The first-order valence-electron chi connectivity index (χ1n) is 18.6. The predicted octanol–water partition coefficient (Wildman–Crippen LogP) is 6.50. The Kier molecular flexibility index (Phi) is 15.8. The number of benzene rings is 2. The normalized spacial score (nSPS) is 12.8. The topological polar surface area (TPSA) is 230 Å². The zero-order valence-corrected chi connectivity index (χ0v) is 36.5. The number of phosphoric acid groups is 1. The molecular weight excluding hydrogens is 922 g/mol. The number of nitrogens with one attached hydrogen (secondary N) is 1. The van der Waals surface area contributed by atoms with Gasteiger partial charge >= 0.3 is 32.1 Å². The van der Waals surface area contributed by atoms with Gasteiger partial charge in [-0.2, -0.15) is 22.6 Å². The molecule has 0 radical (unpaired) electrons. The van der Waals surface area contributed by atoms with Crippen LogP contribution in [0, 0.1) is 11.6 Å². The summed E-state index contributed by atoms with van der Waals surface area (Å²) in [7, 11) is -4.80. The molecular formula is C38H39ClF5N8O10PS. The van der Waals surface area contributed by atoms with E-state index in [-0.39, 0.29) is 56.1 Å². The number of hydrogen-bond donors (Lipinski definition) is 4. The molecule has 0 saturated heterocycles. The van der Waals surface area contributed by atoms with E-state index in [1.807, 2.05) is 6.92 Å². The number of halogens is 6. The molecule has 26 heteroatoms. The largest absolute Gasteiger partial charge is 0.480 e. The molecule has 18 nitrogen and oxygen atoms in total. The van der Waals surface area contributed by atoms with Crippen LogP contribution in [-0.4, -0.2) is 102 Å². The van der Waals surface area contributed by atoms with Crippen molar-refractivity contribution >= 4 is 71.0 Å². The highest BCUT2D eigenvalue weighted by atomic mass is 35.5. The second kappa shape index (κ2) is 20.5. The minimum Gasteiger partial charge on any atom is -0.480 e. The number of alkyl halides is 3. The lowest BCUT2D eigenvalue weighted by Gasteiger charge is -2.27. The number of rotatable bonds is 17. The fourth-order valence-electron chi connectivity index (χ4n) is 6.61. The van der Waals surface area contributed by atoms with Gasteiger partial charge in [0.2, 0.25) is 6.79 Å². The third kappa shape index (κ3) is 12.1. The first-order valence-corrected chi connectivity index (χ1v) is 22.0. The number of pyridine rings is 2. The van der Waals surface area contributed by atoms with E-state index in [4.69, 9.17) is 26.4 Å². The molecule has 2 unspecified atom stereocenters. The molecule has 2 aromatic carbocycles. The van der Waals surface area contributed by atoms with Gasteiger partial charge in [0.25, 0.3) is 0 Å². The number of fused-ring (bicyclic) bond motifs is 1. The molecule has 0 aliphatic rings. The molecule has 0 spiro atoms. The van der Waals surface area contributed by atoms with Crippen molar-refractivity contribution in [2.24, 2.45) is 0 Å². The van der Waals surface area contributed by atoms with Crippen LogP contribution >= 0.6 is 19.4 Å². The standard InChI is InChI=1S/C38H39ClF5N8O10PS/c1-5-25-8-9-26(32(47-25)29(45-2)15-21-13-23(40)16-24(41)14-21)27-10-11-28(39)31-33(27)51(19-38(42,43)44)48-35(31)52(64(4)60)36(55)49(3)34-22(7-6-12-46-34)17-50(18-30(53)54)37(56)61-20-62-63(57,58)59/h6-14,16,29,45H,5,15,17-20H2,1-4H3,(H,53,54)(H2,57,58,59). The number of aryl methyl sites for hydroxylation is 1. The van der Waals surface area contributed by atoms with E-state index in [9.17, 15) is 50.2 Å². The number of aliphatic carboxylic acids is 1. The number of likely N-dealkylation sites (N-methyl/N-ethyl adjacent to an activating group) is 1. The minimum absolute atomic E-state index is 0.0125. The number of carbonyl (C=O) groups is 3. The maximum Gasteiger partial charge on any atom is 0.472 e. The molecule has 0 aliphatic heterocycles. The monoisotopic (exact) mass is 960 g/mol. The molecule has 0 saturated carbocycles. The smallest absolute Gasteiger partial charge is 0.472 e. The molecule has 2 atom stereocenters. The summed E-state index contributed by atoms with van der Waals surface area (Å²) in [6, 6.07) is 9.69. The highest BCUT2D eigenvalue weighted by Gasteiger charge is 2.36. The lowest BCUT2D eigenvalue weighted by atomic mass is 9.93. The molecule has 0 aliphatic carbocycles. The van der Waals surface area contributed by atoms with Gasteiger partial charge in [0, 0.05) is 48.0 Å². The Hall–Kier alpha value is -5.62. The first-order chi connectivity index (χ1) is 30.0. The molecule has 5 rings (SSSR count).